The first kappa shape index (κ1) is 15.7. The first-order valence-corrected chi connectivity index (χ1v) is 8.59. The minimum absolute atomic E-state index is 0.0923. The van der Waals surface area contributed by atoms with Crippen LogP contribution in [-0.4, -0.2) is 35.9 Å². The number of fused-ring (bicyclic) bond motifs is 1. The Morgan fingerprint density at radius 1 is 1.28 bits per heavy atom. The first-order valence-electron chi connectivity index (χ1n) is 8.59. The van der Waals surface area contributed by atoms with Gasteiger partial charge in [-0.2, -0.15) is 0 Å². The van der Waals surface area contributed by atoms with Crippen molar-refractivity contribution in [3.8, 4) is 5.75 Å². The number of amides is 2. The number of ether oxygens (including phenoxy) is 1. The molecule has 25 heavy (non-hydrogen) atoms. The average Bonchev–Trinajstić information content (AvgIpc) is 3.39. The van der Waals surface area contributed by atoms with Gasteiger partial charge in [0.2, 0.25) is 5.91 Å². The molecule has 1 aromatic heterocycles. The highest BCUT2D eigenvalue weighted by Crippen LogP contribution is 2.28. The predicted octanol–water partition coefficient (Wildman–Crippen LogP) is 2.14. The number of nitrogens with one attached hydrogen (secondary N) is 1. The third-order valence-electron chi connectivity index (χ3n) is 4.77. The Morgan fingerprint density at radius 2 is 2.20 bits per heavy atom. The van der Waals surface area contributed by atoms with Crippen molar-refractivity contribution in [3.05, 3.63) is 53.5 Å². The number of carbonyl (C=O) groups excluding carboxylic acids is 2. The lowest BCUT2D eigenvalue weighted by atomic mass is 10.1. The second kappa shape index (κ2) is 6.63. The number of furan rings is 1. The van der Waals surface area contributed by atoms with Gasteiger partial charge in [0, 0.05) is 18.5 Å². The van der Waals surface area contributed by atoms with E-state index in [2.05, 4.69) is 5.32 Å². The average molecular weight is 340 g/mol. The van der Waals surface area contributed by atoms with Crippen LogP contribution in [0.5, 0.6) is 5.75 Å². The Labute approximate surface area is 145 Å². The standard InChI is InChI=1S/C19H20N2O4/c22-18(20-12-15-3-2-9-24-15)16-4-1-8-21(16)19(23)14-5-6-17-13(11-14)7-10-25-17/h2-3,5-6,9,11,16H,1,4,7-8,10,12H2,(H,20,22). The van der Waals surface area contributed by atoms with E-state index in [4.69, 9.17) is 9.15 Å². The van der Waals surface area contributed by atoms with E-state index in [1.165, 1.54) is 0 Å². The molecule has 0 aliphatic carbocycles. The summed E-state index contributed by atoms with van der Waals surface area (Å²) in [7, 11) is 0. The molecule has 3 heterocycles. The summed E-state index contributed by atoms with van der Waals surface area (Å²) in [6.45, 7) is 1.60. The summed E-state index contributed by atoms with van der Waals surface area (Å²) in [4.78, 5) is 27.1. The van der Waals surface area contributed by atoms with Crippen LogP contribution in [0, 0.1) is 0 Å². The lowest BCUT2D eigenvalue weighted by Gasteiger charge is -2.24. The van der Waals surface area contributed by atoms with E-state index in [9.17, 15) is 9.59 Å². The molecule has 2 amide bonds. The Bertz CT molecular complexity index is 785. The molecule has 2 aliphatic rings. The number of nitrogens with zero attached hydrogens (tertiary/aromatic N) is 1. The van der Waals surface area contributed by atoms with E-state index >= 15 is 0 Å². The first-order chi connectivity index (χ1) is 12.2. The van der Waals surface area contributed by atoms with Gasteiger partial charge in [-0.1, -0.05) is 0 Å². The molecule has 4 rings (SSSR count). The molecule has 1 aromatic carbocycles. The largest absolute Gasteiger partial charge is 0.493 e. The zero-order valence-electron chi connectivity index (χ0n) is 13.9. The van der Waals surface area contributed by atoms with Crippen LogP contribution in [0.25, 0.3) is 0 Å². The molecule has 130 valence electrons. The van der Waals surface area contributed by atoms with E-state index in [-0.39, 0.29) is 11.8 Å². The summed E-state index contributed by atoms with van der Waals surface area (Å²) in [6, 6.07) is 8.68. The zero-order valence-corrected chi connectivity index (χ0v) is 13.9. The van der Waals surface area contributed by atoms with Crippen LogP contribution in [0.1, 0.15) is 34.5 Å². The van der Waals surface area contributed by atoms with Crippen molar-refractivity contribution in [3.63, 3.8) is 0 Å². The topological polar surface area (TPSA) is 71.8 Å². The van der Waals surface area contributed by atoms with E-state index in [1.54, 1.807) is 23.3 Å². The Morgan fingerprint density at radius 3 is 3.04 bits per heavy atom. The van der Waals surface area contributed by atoms with Gasteiger partial charge in [-0.25, -0.2) is 0 Å². The fourth-order valence-electron chi connectivity index (χ4n) is 3.47. The van der Waals surface area contributed by atoms with Crippen molar-refractivity contribution in [2.24, 2.45) is 0 Å². The molecule has 2 aliphatic heterocycles. The number of carbonyl (C=O) groups is 2. The SMILES string of the molecule is O=C(NCc1ccco1)C1CCCN1C(=O)c1ccc2c(c1)CCO2. The van der Waals surface area contributed by atoms with Crippen LogP contribution in [-0.2, 0) is 17.8 Å². The van der Waals surface area contributed by atoms with Crippen LogP contribution < -0.4 is 10.1 Å². The van der Waals surface area contributed by atoms with Crippen LogP contribution in [0.2, 0.25) is 0 Å². The van der Waals surface area contributed by atoms with Crippen molar-refractivity contribution in [1.82, 2.24) is 10.2 Å². The minimum atomic E-state index is -0.424. The van der Waals surface area contributed by atoms with Gasteiger partial charge in [0.05, 0.1) is 19.4 Å². The summed E-state index contributed by atoms with van der Waals surface area (Å²) in [5.41, 5.74) is 1.68. The predicted molar refractivity (Wildman–Crippen MR) is 90.3 cm³/mol. The highest BCUT2D eigenvalue weighted by atomic mass is 16.5. The van der Waals surface area contributed by atoms with Crippen molar-refractivity contribution < 1.29 is 18.7 Å². The van der Waals surface area contributed by atoms with Crippen LogP contribution >= 0.6 is 0 Å². The van der Waals surface area contributed by atoms with Crippen molar-refractivity contribution in [2.45, 2.75) is 31.8 Å². The van der Waals surface area contributed by atoms with E-state index < -0.39 is 6.04 Å². The van der Waals surface area contributed by atoms with Gasteiger partial charge in [0.15, 0.2) is 0 Å². The number of likely N-dealkylation sites (tertiary alicyclic amines) is 1. The summed E-state index contributed by atoms with van der Waals surface area (Å²) in [5.74, 6) is 1.32. The lowest BCUT2D eigenvalue weighted by Crippen LogP contribution is -2.45. The molecule has 1 saturated heterocycles. The van der Waals surface area contributed by atoms with Crippen LogP contribution in [0.15, 0.2) is 41.0 Å². The summed E-state index contributed by atoms with van der Waals surface area (Å²) >= 11 is 0. The fourth-order valence-corrected chi connectivity index (χ4v) is 3.47. The van der Waals surface area contributed by atoms with Crippen molar-refractivity contribution >= 4 is 11.8 Å². The van der Waals surface area contributed by atoms with E-state index in [0.29, 0.717) is 37.4 Å². The third kappa shape index (κ3) is 3.12. The van der Waals surface area contributed by atoms with Gasteiger partial charge < -0.3 is 19.4 Å². The molecule has 6 heteroatoms. The van der Waals surface area contributed by atoms with Gasteiger partial charge in [-0.15, -0.1) is 0 Å². The highest BCUT2D eigenvalue weighted by Gasteiger charge is 2.34. The Balaban J connectivity index is 1.45. The number of hydrogen-bond acceptors (Lipinski definition) is 4. The number of rotatable bonds is 4. The molecule has 1 fully saturated rings. The molecule has 0 spiro atoms. The molecule has 0 radical (unpaired) electrons. The maximum Gasteiger partial charge on any atom is 0.254 e. The number of hydrogen-bond donors (Lipinski definition) is 1. The van der Waals surface area contributed by atoms with E-state index in [1.807, 2.05) is 18.2 Å². The molecule has 0 saturated carbocycles. The molecular formula is C19H20N2O4. The van der Waals surface area contributed by atoms with Gasteiger partial charge in [-0.05, 0) is 48.7 Å². The fraction of sp³-hybridized carbons (Fsp3) is 0.368. The third-order valence-corrected chi connectivity index (χ3v) is 4.77. The molecule has 1 N–H and O–H groups in total. The highest BCUT2D eigenvalue weighted by molar-refractivity contribution is 5.98. The summed E-state index contributed by atoms with van der Waals surface area (Å²) in [6.07, 6.45) is 3.91. The van der Waals surface area contributed by atoms with Crippen molar-refractivity contribution in [1.29, 1.82) is 0 Å². The lowest BCUT2D eigenvalue weighted by molar-refractivity contribution is -0.125. The zero-order chi connectivity index (χ0) is 17.2. The summed E-state index contributed by atoms with van der Waals surface area (Å²) in [5, 5.41) is 2.86. The second-order valence-electron chi connectivity index (χ2n) is 6.37. The Hall–Kier alpha value is -2.76. The monoisotopic (exact) mass is 340 g/mol. The molecule has 1 unspecified atom stereocenters. The smallest absolute Gasteiger partial charge is 0.254 e. The number of benzene rings is 1. The van der Waals surface area contributed by atoms with Gasteiger partial charge >= 0.3 is 0 Å². The second-order valence-corrected chi connectivity index (χ2v) is 6.37. The molecule has 0 bridgehead atoms. The van der Waals surface area contributed by atoms with Crippen molar-refractivity contribution in [2.75, 3.05) is 13.2 Å². The maximum absolute atomic E-state index is 12.9. The van der Waals surface area contributed by atoms with Gasteiger partial charge in [0.1, 0.15) is 17.6 Å². The van der Waals surface area contributed by atoms with Gasteiger partial charge in [-0.3, -0.25) is 9.59 Å². The van der Waals surface area contributed by atoms with E-state index in [0.717, 1.165) is 24.2 Å². The minimum Gasteiger partial charge on any atom is -0.493 e. The summed E-state index contributed by atoms with van der Waals surface area (Å²) < 4.78 is 10.7. The molecule has 2 aromatic rings. The normalized spacial score (nSPS) is 18.7. The molecular weight excluding hydrogens is 320 g/mol. The quantitative estimate of drug-likeness (QED) is 0.925. The molecule has 1 atom stereocenters. The van der Waals surface area contributed by atoms with Crippen LogP contribution in [0.3, 0.4) is 0 Å². The molecule has 6 nitrogen and oxygen atoms in total. The Kier molecular flexibility index (Phi) is 4.17. The van der Waals surface area contributed by atoms with Gasteiger partial charge in [0.25, 0.3) is 5.91 Å². The van der Waals surface area contributed by atoms with Crippen LogP contribution in [0.4, 0.5) is 0 Å². The maximum atomic E-state index is 12.9.